The third-order valence-electron chi connectivity index (χ3n) is 3.23. The van der Waals surface area contributed by atoms with Crippen LogP contribution in [0.15, 0.2) is 29.3 Å². The second-order valence-electron chi connectivity index (χ2n) is 5.61. The molecule has 0 saturated carbocycles. The summed E-state index contributed by atoms with van der Waals surface area (Å²) in [6, 6.07) is 7.21. The van der Waals surface area contributed by atoms with Gasteiger partial charge in [-0.2, -0.15) is 11.8 Å². The monoisotopic (exact) mass is 471 g/mol. The van der Waals surface area contributed by atoms with Crippen LogP contribution in [-0.4, -0.2) is 41.7 Å². The van der Waals surface area contributed by atoms with Crippen LogP contribution in [0.1, 0.15) is 32.4 Å². The molecule has 23 heavy (non-hydrogen) atoms. The van der Waals surface area contributed by atoms with Crippen molar-refractivity contribution in [3.05, 3.63) is 34.9 Å². The number of nitrogens with one attached hydrogen (secondary N) is 2. The number of halogens is 2. The average Bonchev–Trinajstić information content (AvgIpc) is 2.50. The molecule has 1 atom stereocenters. The lowest BCUT2D eigenvalue weighted by Crippen LogP contribution is -2.40. The maximum absolute atomic E-state index is 10.2. The van der Waals surface area contributed by atoms with E-state index in [1.807, 2.05) is 19.1 Å². The number of thioether (sulfide) groups is 1. The second kappa shape index (κ2) is 11.4. The minimum absolute atomic E-state index is 0. The zero-order chi connectivity index (χ0) is 16.6. The molecule has 0 bridgehead atoms. The Hall–Kier alpha value is -0.180. The first-order valence-electron chi connectivity index (χ1n) is 7.39. The predicted molar refractivity (Wildman–Crippen MR) is 113 cm³/mol. The van der Waals surface area contributed by atoms with E-state index in [0.29, 0.717) is 18.1 Å². The van der Waals surface area contributed by atoms with E-state index in [1.54, 1.807) is 23.9 Å². The summed E-state index contributed by atoms with van der Waals surface area (Å²) < 4.78 is 0.0944. The van der Waals surface area contributed by atoms with E-state index in [-0.39, 0.29) is 28.7 Å². The lowest BCUT2D eigenvalue weighted by atomic mass is 10.1. The molecule has 0 radical (unpaired) electrons. The van der Waals surface area contributed by atoms with Crippen LogP contribution in [0.25, 0.3) is 0 Å². The third-order valence-corrected chi connectivity index (χ3v) is 4.72. The number of rotatable bonds is 7. The van der Waals surface area contributed by atoms with Crippen LogP contribution < -0.4 is 10.6 Å². The van der Waals surface area contributed by atoms with Crippen molar-refractivity contribution in [1.29, 1.82) is 0 Å². The number of aliphatic hydroxyl groups excluding tert-OH is 1. The molecule has 132 valence electrons. The topological polar surface area (TPSA) is 56.7 Å². The summed E-state index contributed by atoms with van der Waals surface area (Å²) in [6.07, 6.45) is 1.48. The van der Waals surface area contributed by atoms with Gasteiger partial charge >= 0.3 is 0 Å². The van der Waals surface area contributed by atoms with Crippen LogP contribution in [0.5, 0.6) is 0 Å². The van der Waals surface area contributed by atoms with Crippen molar-refractivity contribution in [2.24, 2.45) is 4.99 Å². The summed E-state index contributed by atoms with van der Waals surface area (Å²) in [5, 5.41) is 17.2. The van der Waals surface area contributed by atoms with Gasteiger partial charge in [0.05, 0.1) is 12.6 Å². The van der Waals surface area contributed by atoms with Crippen molar-refractivity contribution in [2.75, 3.05) is 25.9 Å². The minimum Gasteiger partial charge on any atom is -0.387 e. The Labute approximate surface area is 165 Å². The Balaban J connectivity index is 0.00000484. The standard InChI is InChI=1S/C16H26ClN3OS.HI/c1-5-18-15(20-11-16(2,3)22-4)19-10-14(21)12-6-8-13(17)9-7-12;/h6-9,14,21H,5,10-11H2,1-4H3,(H2,18,19,20);1H. The predicted octanol–water partition coefficient (Wildman–Crippen LogP) is 3.69. The first-order valence-corrected chi connectivity index (χ1v) is 8.99. The zero-order valence-corrected chi connectivity index (χ0v) is 18.0. The molecule has 0 spiro atoms. The molecule has 0 fully saturated rings. The maximum atomic E-state index is 10.2. The van der Waals surface area contributed by atoms with Gasteiger partial charge in [0, 0.05) is 22.9 Å². The molecule has 0 amide bonds. The van der Waals surface area contributed by atoms with Crippen LogP contribution in [-0.2, 0) is 0 Å². The number of hydrogen-bond acceptors (Lipinski definition) is 3. The van der Waals surface area contributed by atoms with Crippen molar-refractivity contribution >= 4 is 53.3 Å². The van der Waals surface area contributed by atoms with Gasteiger partial charge in [-0.05, 0) is 44.7 Å². The molecule has 0 saturated heterocycles. The highest BCUT2D eigenvalue weighted by Gasteiger charge is 2.15. The number of aliphatic hydroxyl groups is 1. The number of guanidine groups is 1. The fourth-order valence-electron chi connectivity index (χ4n) is 1.67. The molecule has 7 heteroatoms. The fourth-order valence-corrected chi connectivity index (χ4v) is 1.99. The molecular weight excluding hydrogens is 445 g/mol. The van der Waals surface area contributed by atoms with E-state index in [1.165, 1.54) is 0 Å². The Morgan fingerprint density at radius 1 is 1.30 bits per heavy atom. The molecule has 0 aliphatic heterocycles. The van der Waals surface area contributed by atoms with Gasteiger partial charge in [0.2, 0.25) is 0 Å². The molecule has 4 nitrogen and oxygen atoms in total. The summed E-state index contributed by atoms with van der Waals surface area (Å²) >= 11 is 7.64. The van der Waals surface area contributed by atoms with Gasteiger partial charge in [-0.15, -0.1) is 24.0 Å². The Morgan fingerprint density at radius 2 is 1.91 bits per heavy atom. The number of nitrogens with zero attached hydrogens (tertiary/aromatic N) is 1. The van der Waals surface area contributed by atoms with Gasteiger partial charge < -0.3 is 15.7 Å². The van der Waals surface area contributed by atoms with Gasteiger partial charge in [-0.1, -0.05) is 23.7 Å². The summed E-state index contributed by atoms with van der Waals surface area (Å²) in [5.74, 6) is 0.720. The van der Waals surface area contributed by atoms with Crippen LogP contribution >= 0.6 is 47.3 Å². The molecule has 0 aliphatic carbocycles. The third kappa shape index (κ3) is 9.02. The summed E-state index contributed by atoms with van der Waals surface area (Å²) in [6.45, 7) is 8.23. The highest BCUT2D eigenvalue weighted by molar-refractivity contribution is 14.0. The zero-order valence-electron chi connectivity index (χ0n) is 14.1. The molecule has 1 aromatic rings. The smallest absolute Gasteiger partial charge is 0.191 e. The highest BCUT2D eigenvalue weighted by atomic mass is 127. The largest absolute Gasteiger partial charge is 0.387 e. The van der Waals surface area contributed by atoms with Gasteiger partial charge in [-0.25, -0.2) is 0 Å². The van der Waals surface area contributed by atoms with Crippen LogP contribution in [0.4, 0.5) is 0 Å². The summed E-state index contributed by atoms with van der Waals surface area (Å²) in [5.41, 5.74) is 0.831. The van der Waals surface area contributed by atoms with Gasteiger partial charge in [0.15, 0.2) is 5.96 Å². The second-order valence-corrected chi connectivity index (χ2v) is 7.56. The lowest BCUT2D eigenvalue weighted by molar-refractivity contribution is 0.181. The molecule has 1 rings (SSSR count). The van der Waals surface area contributed by atoms with E-state index in [2.05, 4.69) is 35.7 Å². The van der Waals surface area contributed by atoms with E-state index < -0.39 is 6.10 Å². The molecule has 0 aliphatic rings. The molecule has 3 N–H and O–H groups in total. The Morgan fingerprint density at radius 3 is 2.43 bits per heavy atom. The molecule has 0 heterocycles. The maximum Gasteiger partial charge on any atom is 0.191 e. The van der Waals surface area contributed by atoms with Crippen molar-refractivity contribution in [1.82, 2.24) is 10.6 Å². The first kappa shape index (κ1) is 22.8. The minimum atomic E-state index is -0.602. The number of benzene rings is 1. The van der Waals surface area contributed by atoms with Crippen LogP contribution in [0.2, 0.25) is 5.02 Å². The Bertz CT molecular complexity index is 483. The van der Waals surface area contributed by atoms with Gasteiger partial charge in [0.25, 0.3) is 0 Å². The van der Waals surface area contributed by atoms with E-state index in [9.17, 15) is 5.11 Å². The van der Waals surface area contributed by atoms with Crippen molar-refractivity contribution < 1.29 is 5.11 Å². The summed E-state index contributed by atoms with van der Waals surface area (Å²) in [7, 11) is 0. The SMILES string of the molecule is CCNC(=NCC(C)(C)SC)NCC(O)c1ccc(Cl)cc1.I. The van der Waals surface area contributed by atoms with Gasteiger partial charge in [0.1, 0.15) is 0 Å². The quantitative estimate of drug-likeness (QED) is 0.322. The van der Waals surface area contributed by atoms with Crippen molar-refractivity contribution in [3.63, 3.8) is 0 Å². The fraction of sp³-hybridized carbons (Fsp3) is 0.562. The average molecular weight is 472 g/mol. The van der Waals surface area contributed by atoms with E-state index in [4.69, 9.17) is 11.6 Å². The molecule has 0 aromatic heterocycles. The first-order chi connectivity index (χ1) is 10.4. The Kier molecular flexibility index (Phi) is 11.3. The van der Waals surface area contributed by atoms with Crippen molar-refractivity contribution in [3.8, 4) is 0 Å². The highest BCUT2D eigenvalue weighted by Crippen LogP contribution is 2.21. The normalized spacial score (nSPS) is 13.2. The number of hydrogen-bond donors (Lipinski definition) is 3. The number of aliphatic imine (C=N–C) groups is 1. The van der Waals surface area contributed by atoms with E-state index in [0.717, 1.165) is 18.1 Å². The lowest BCUT2D eigenvalue weighted by Gasteiger charge is -2.21. The van der Waals surface area contributed by atoms with Crippen molar-refractivity contribution in [2.45, 2.75) is 31.6 Å². The molecule has 1 unspecified atom stereocenters. The van der Waals surface area contributed by atoms with Gasteiger partial charge in [-0.3, -0.25) is 4.99 Å². The molecular formula is C16H27ClIN3OS. The van der Waals surface area contributed by atoms with E-state index >= 15 is 0 Å². The van der Waals surface area contributed by atoms with Crippen LogP contribution in [0.3, 0.4) is 0 Å². The molecule has 1 aromatic carbocycles. The van der Waals surface area contributed by atoms with Crippen LogP contribution in [0, 0.1) is 0 Å². The summed E-state index contributed by atoms with van der Waals surface area (Å²) in [4.78, 5) is 4.58.